The number of hydrogen-bond acceptors (Lipinski definition) is 3. The first-order chi connectivity index (χ1) is 7.81. The predicted octanol–water partition coefficient (Wildman–Crippen LogP) is 2.91. The van der Waals surface area contributed by atoms with E-state index in [1.807, 2.05) is 50.2 Å². The lowest BCUT2D eigenvalue weighted by atomic mass is 10.4. The summed E-state index contributed by atoms with van der Waals surface area (Å²) in [6, 6.07) is 12.0. The van der Waals surface area contributed by atoms with E-state index in [-0.39, 0.29) is 12.6 Å². The zero-order valence-corrected chi connectivity index (χ0v) is 10.6. The highest BCUT2D eigenvalue weighted by Crippen LogP contribution is 1.80. The Balaban J connectivity index is 0. The molecule has 3 heteroatoms. The van der Waals surface area contributed by atoms with Crippen molar-refractivity contribution in [2.24, 2.45) is 0 Å². The molecule has 0 atom stereocenters. The van der Waals surface area contributed by atoms with Crippen LogP contribution in [0.25, 0.3) is 0 Å². The van der Waals surface area contributed by atoms with Crippen molar-refractivity contribution in [1.82, 2.24) is 0 Å². The van der Waals surface area contributed by atoms with Crippen LogP contribution in [0.2, 0.25) is 0 Å². The van der Waals surface area contributed by atoms with E-state index in [2.05, 4.69) is 9.47 Å². The second-order valence-electron chi connectivity index (χ2n) is 2.39. The lowest BCUT2D eigenvalue weighted by Gasteiger charge is -1.97. The zero-order valence-electron chi connectivity index (χ0n) is 10.6. The molecule has 92 valence electrons. The van der Waals surface area contributed by atoms with Crippen molar-refractivity contribution >= 4 is 5.97 Å². The molecule has 0 bridgehead atoms. The van der Waals surface area contributed by atoms with Crippen molar-refractivity contribution in [2.75, 3.05) is 20.3 Å². The van der Waals surface area contributed by atoms with Gasteiger partial charge >= 0.3 is 5.97 Å². The summed E-state index contributed by atoms with van der Waals surface area (Å²) in [7, 11) is 1.46. The Labute approximate surface area is 98.4 Å². The van der Waals surface area contributed by atoms with Gasteiger partial charge in [0.1, 0.15) is 6.61 Å². The van der Waals surface area contributed by atoms with Gasteiger partial charge in [0.2, 0.25) is 0 Å². The molecule has 16 heavy (non-hydrogen) atoms. The van der Waals surface area contributed by atoms with E-state index < -0.39 is 0 Å². The van der Waals surface area contributed by atoms with Gasteiger partial charge in [-0.1, -0.05) is 50.2 Å². The highest BCUT2D eigenvalue weighted by molar-refractivity contribution is 5.70. The third-order valence-corrected chi connectivity index (χ3v) is 1.23. The monoisotopic (exact) mass is 226 g/mol. The van der Waals surface area contributed by atoms with Gasteiger partial charge in [0, 0.05) is 7.11 Å². The maximum Gasteiger partial charge on any atom is 0.332 e. The summed E-state index contributed by atoms with van der Waals surface area (Å²) in [5, 5.41) is 0. The minimum absolute atomic E-state index is 0.0494. The lowest BCUT2D eigenvalue weighted by molar-refractivity contribution is -0.147. The summed E-state index contributed by atoms with van der Waals surface area (Å²) in [6.45, 7) is 6.23. The van der Waals surface area contributed by atoms with Gasteiger partial charge in [-0.15, -0.1) is 0 Å². The van der Waals surface area contributed by atoms with Gasteiger partial charge in [0.05, 0.1) is 6.61 Å². The van der Waals surface area contributed by atoms with Crippen molar-refractivity contribution in [1.29, 1.82) is 0 Å². The van der Waals surface area contributed by atoms with E-state index in [4.69, 9.17) is 0 Å². The average molecular weight is 226 g/mol. The maximum absolute atomic E-state index is 10.3. The third kappa shape index (κ3) is 15.1. The fourth-order valence-electron chi connectivity index (χ4n) is 0.705. The number of carbonyl (C=O) groups is 1. The fourth-order valence-corrected chi connectivity index (χ4v) is 0.705. The largest absolute Gasteiger partial charge is 0.464 e. The van der Waals surface area contributed by atoms with Crippen LogP contribution in [0.5, 0.6) is 0 Å². The van der Waals surface area contributed by atoms with Crippen molar-refractivity contribution < 1.29 is 14.3 Å². The first-order valence-corrected chi connectivity index (χ1v) is 5.45. The van der Waals surface area contributed by atoms with Crippen molar-refractivity contribution in [2.45, 2.75) is 20.8 Å². The van der Waals surface area contributed by atoms with E-state index in [1.165, 1.54) is 7.11 Å². The Hall–Kier alpha value is -1.35. The van der Waals surface area contributed by atoms with Crippen LogP contribution in [-0.2, 0) is 14.3 Å². The Kier molecular flexibility index (Phi) is 17.2. The Morgan fingerprint density at radius 2 is 1.38 bits per heavy atom. The summed E-state index contributed by atoms with van der Waals surface area (Å²) in [6.07, 6.45) is 0. The summed E-state index contributed by atoms with van der Waals surface area (Å²) >= 11 is 0. The number of benzene rings is 1. The van der Waals surface area contributed by atoms with Crippen molar-refractivity contribution in [3.63, 3.8) is 0 Å². The number of esters is 1. The van der Waals surface area contributed by atoms with Gasteiger partial charge in [-0.05, 0) is 6.92 Å². The summed E-state index contributed by atoms with van der Waals surface area (Å²) < 4.78 is 9.00. The molecule has 0 aliphatic carbocycles. The molecule has 0 aliphatic heterocycles. The van der Waals surface area contributed by atoms with Crippen LogP contribution in [0.4, 0.5) is 0 Å². The molecule has 0 aromatic heterocycles. The predicted molar refractivity (Wildman–Crippen MR) is 66.3 cm³/mol. The van der Waals surface area contributed by atoms with E-state index in [0.29, 0.717) is 6.61 Å². The number of methoxy groups -OCH3 is 1. The van der Waals surface area contributed by atoms with Gasteiger partial charge in [0.25, 0.3) is 0 Å². The van der Waals surface area contributed by atoms with Crippen LogP contribution in [-0.4, -0.2) is 26.3 Å². The smallest absolute Gasteiger partial charge is 0.332 e. The normalized spacial score (nSPS) is 7.75. The van der Waals surface area contributed by atoms with Crippen LogP contribution < -0.4 is 0 Å². The number of hydrogen-bond donors (Lipinski definition) is 0. The van der Waals surface area contributed by atoms with Gasteiger partial charge in [-0.2, -0.15) is 0 Å². The summed E-state index contributed by atoms with van der Waals surface area (Å²) in [4.78, 5) is 10.3. The topological polar surface area (TPSA) is 35.5 Å². The van der Waals surface area contributed by atoms with Crippen LogP contribution in [0.15, 0.2) is 36.4 Å². The molecule has 1 aromatic rings. The molecular weight excluding hydrogens is 204 g/mol. The molecule has 0 N–H and O–H groups in total. The van der Waals surface area contributed by atoms with Crippen molar-refractivity contribution in [3.8, 4) is 0 Å². The zero-order chi connectivity index (χ0) is 12.6. The third-order valence-electron chi connectivity index (χ3n) is 1.23. The summed E-state index contributed by atoms with van der Waals surface area (Å²) in [5.41, 5.74) is 0. The molecule has 3 nitrogen and oxygen atoms in total. The highest BCUT2D eigenvalue weighted by atomic mass is 16.6. The molecule has 0 amide bonds. The molecular formula is C13H22O3. The first-order valence-electron chi connectivity index (χ1n) is 5.45. The van der Waals surface area contributed by atoms with Gasteiger partial charge in [-0.25, -0.2) is 4.79 Å². The van der Waals surface area contributed by atoms with Crippen LogP contribution in [0.3, 0.4) is 0 Å². The van der Waals surface area contributed by atoms with Gasteiger partial charge in [-0.3, -0.25) is 0 Å². The van der Waals surface area contributed by atoms with Crippen LogP contribution in [0, 0.1) is 0 Å². The van der Waals surface area contributed by atoms with E-state index in [0.717, 1.165) is 0 Å². The first kappa shape index (κ1) is 17.1. The van der Waals surface area contributed by atoms with Crippen molar-refractivity contribution in [3.05, 3.63) is 36.4 Å². The van der Waals surface area contributed by atoms with Gasteiger partial charge < -0.3 is 9.47 Å². The molecule has 0 spiro atoms. The van der Waals surface area contributed by atoms with Crippen LogP contribution >= 0.6 is 0 Å². The minimum atomic E-state index is -0.310. The quantitative estimate of drug-likeness (QED) is 0.743. The highest BCUT2D eigenvalue weighted by Gasteiger charge is 1.96. The standard InChI is InChI=1S/C6H6.C5H10O3.C2H6/c1-2-4-6-5-3-1;1-3-8-5(6)4-7-2;1-2/h1-6H;3-4H2,1-2H3;1-2H3. The second kappa shape index (κ2) is 16.1. The van der Waals surface area contributed by atoms with Gasteiger partial charge in [0.15, 0.2) is 0 Å². The Morgan fingerprint density at radius 1 is 1.00 bits per heavy atom. The minimum Gasteiger partial charge on any atom is -0.464 e. The molecule has 0 aliphatic rings. The van der Waals surface area contributed by atoms with E-state index in [9.17, 15) is 4.79 Å². The van der Waals surface area contributed by atoms with E-state index >= 15 is 0 Å². The molecule has 1 rings (SSSR count). The molecule has 0 saturated carbocycles. The van der Waals surface area contributed by atoms with Crippen LogP contribution in [0.1, 0.15) is 20.8 Å². The molecule has 0 saturated heterocycles. The Bertz CT molecular complexity index is 187. The molecule has 1 aromatic carbocycles. The fraction of sp³-hybridized carbons (Fsp3) is 0.462. The Morgan fingerprint density at radius 3 is 1.62 bits per heavy atom. The van der Waals surface area contributed by atoms with E-state index in [1.54, 1.807) is 6.92 Å². The number of rotatable bonds is 3. The number of carbonyl (C=O) groups excluding carboxylic acids is 1. The lowest BCUT2D eigenvalue weighted by Crippen LogP contribution is -2.10. The second-order valence-corrected chi connectivity index (χ2v) is 2.39. The molecule has 0 radical (unpaired) electrons. The molecule has 0 unspecified atom stereocenters. The summed E-state index contributed by atoms with van der Waals surface area (Å²) in [5.74, 6) is -0.310. The SMILES string of the molecule is CC.CCOC(=O)COC.c1ccccc1. The maximum atomic E-state index is 10.3. The average Bonchev–Trinajstić information content (AvgIpc) is 2.35. The molecule has 0 fully saturated rings. The molecule has 0 heterocycles. The number of ether oxygens (including phenoxy) is 2.